The van der Waals surface area contributed by atoms with Gasteiger partial charge in [-0.25, -0.2) is 0 Å². The van der Waals surface area contributed by atoms with Crippen LogP contribution < -0.4 is 5.30 Å². The fourth-order valence-corrected chi connectivity index (χ4v) is 1.98. The molecule has 1 heterocycles. The lowest BCUT2D eigenvalue weighted by molar-refractivity contribution is 2.14. The van der Waals surface area contributed by atoms with Crippen molar-refractivity contribution in [2.24, 2.45) is 0 Å². The van der Waals surface area contributed by atoms with Crippen molar-refractivity contribution in [3.63, 3.8) is 0 Å². The Morgan fingerprint density at radius 2 is 2.57 bits per heavy atom. The van der Waals surface area contributed by atoms with Gasteiger partial charge in [0.1, 0.15) is 0 Å². The number of hydrogen-bond acceptors (Lipinski definition) is 1. The maximum Gasteiger partial charge on any atom is -0.00191 e. The molecular formula is C5H7PS. The molecule has 0 amide bonds. The lowest BCUT2D eigenvalue weighted by atomic mass is 10.7. The van der Waals surface area contributed by atoms with Crippen LogP contribution in [-0.2, 0) is 0 Å². The normalized spacial score (nSPS) is 11.0. The Balaban J connectivity index is 2.76. The summed E-state index contributed by atoms with van der Waals surface area (Å²) in [5, 5.41) is 5.79. The van der Waals surface area contributed by atoms with Gasteiger partial charge in [0.25, 0.3) is 0 Å². The van der Waals surface area contributed by atoms with Gasteiger partial charge < -0.3 is 0 Å². The first kappa shape index (κ1) is 5.27. The summed E-state index contributed by atoms with van der Waals surface area (Å²) >= 11 is 1.77. The maximum absolute atomic E-state index is 2.20. The van der Waals surface area contributed by atoms with Gasteiger partial charge in [-0.15, -0.1) is 0 Å². The van der Waals surface area contributed by atoms with E-state index >= 15 is 0 Å². The Bertz CT molecular complexity index is 123. The molecule has 0 radical (unpaired) electrons. The second-order valence-corrected chi connectivity index (χ2v) is 3.12. The van der Waals surface area contributed by atoms with E-state index in [9.17, 15) is 0 Å². The molecule has 0 saturated heterocycles. The van der Waals surface area contributed by atoms with E-state index in [0.717, 1.165) is 8.58 Å². The Morgan fingerprint density at radius 1 is 1.71 bits per heavy atom. The SMILES string of the molecule is CPc1ccsc1. The van der Waals surface area contributed by atoms with Crippen LogP contribution in [0.5, 0.6) is 0 Å². The second kappa shape index (κ2) is 2.44. The number of thiophene rings is 1. The van der Waals surface area contributed by atoms with Crippen molar-refractivity contribution in [3.8, 4) is 0 Å². The minimum Gasteiger partial charge on any atom is -0.152 e. The topological polar surface area (TPSA) is 0 Å². The van der Waals surface area contributed by atoms with Gasteiger partial charge in [-0.1, -0.05) is 8.58 Å². The second-order valence-electron chi connectivity index (χ2n) is 1.26. The van der Waals surface area contributed by atoms with E-state index in [1.165, 1.54) is 5.30 Å². The summed E-state index contributed by atoms with van der Waals surface area (Å²) in [4.78, 5) is 0. The Hall–Kier alpha value is 0.130. The number of hydrogen-bond donors (Lipinski definition) is 0. The standard InChI is InChI=1S/C5H7PS/c1-6-5-2-3-7-4-5/h2-4,6H,1H3. The van der Waals surface area contributed by atoms with Crippen molar-refractivity contribution in [1.82, 2.24) is 0 Å². The van der Waals surface area contributed by atoms with E-state index in [1.54, 1.807) is 11.3 Å². The molecule has 1 rings (SSSR count). The molecule has 0 nitrogen and oxygen atoms in total. The third-order valence-electron chi connectivity index (χ3n) is 0.810. The Kier molecular flexibility index (Phi) is 1.84. The average Bonchev–Trinajstić information content (AvgIpc) is 2.14. The van der Waals surface area contributed by atoms with Crippen LogP contribution in [0.25, 0.3) is 0 Å². The van der Waals surface area contributed by atoms with Crippen LogP contribution in [0, 0.1) is 0 Å². The molecule has 0 bridgehead atoms. The Labute approximate surface area is 49.4 Å². The van der Waals surface area contributed by atoms with E-state index in [2.05, 4.69) is 23.5 Å². The van der Waals surface area contributed by atoms with Crippen LogP contribution in [0.2, 0.25) is 0 Å². The zero-order valence-electron chi connectivity index (χ0n) is 4.14. The highest BCUT2D eigenvalue weighted by atomic mass is 32.1. The van der Waals surface area contributed by atoms with E-state index in [4.69, 9.17) is 0 Å². The first-order valence-electron chi connectivity index (χ1n) is 2.13. The minimum absolute atomic E-state index is 0.965. The van der Waals surface area contributed by atoms with Crippen LogP contribution in [0.1, 0.15) is 0 Å². The van der Waals surface area contributed by atoms with Gasteiger partial charge >= 0.3 is 0 Å². The largest absolute Gasteiger partial charge is 0.152 e. The van der Waals surface area contributed by atoms with Gasteiger partial charge in [-0.2, -0.15) is 11.3 Å². The van der Waals surface area contributed by atoms with Gasteiger partial charge in [0, 0.05) is 0 Å². The molecule has 0 aromatic carbocycles. The smallest absolute Gasteiger partial charge is 0.00191 e. The molecule has 1 atom stereocenters. The van der Waals surface area contributed by atoms with E-state index in [-0.39, 0.29) is 0 Å². The van der Waals surface area contributed by atoms with Crippen LogP contribution in [0.4, 0.5) is 0 Å². The first-order valence-corrected chi connectivity index (χ1v) is 4.57. The van der Waals surface area contributed by atoms with Crippen LogP contribution in [-0.4, -0.2) is 6.66 Å². The zero-order chi connectivity index (χ0) is 5.11. The molecule has 0 aliphatic heterocycles. The molecule has 2 heteroatoms. The summed E-state index contributed by atoms with van der Waals surface area (Å²) in [5.74, 6) is 0. The molecule has 1 aromatic rings. The quantitative estimate of drug-likeness (QED) is 0.507. The van der Waals surface area contributed by atoms with Crippen LogP contribution >= 0.6 is 19.9 Å². The third kappa shape index (κ3) is 1.25. The van der Waals surface area contributed by atoms with Gasteiger partial charge in [-0.05, 0) is 28.8 Å². The molecule has 0 saturated carbocycles. The van der Waals surface area contributed by atoms with Crippen LogP contribution in [0.15, 0.2) is 16.8 Å². The maximum atomic E-state index is 2.20. The lowest BCUT2D eigenvalue weighted by Gasteiger charge is -1.79. The van der Waals surface area contributed by atoms with Crippen molar-refractivity contribution in [1.29, 1.82) is 0 Å². The monoisotopic (exact) mass is 130 g/mol. The third-order valence-corrected chi connectivity index (χ3v) is 2.59. The molecule has 38 valence electrons. The summed E-state index contributed by atoms with van der Waals surface area (Å²) < 4.78 is 0. The van der Waals surface area contributed by atoms with Crippen LogP contribution in [0.3, 0.4) is 0 Å². The van der Waals surface area contributed by atoms with Crippen molar-refractivity contribution in [2.75, 3.05) is 6.66 Å². The summed E-state index contributed by atoms with van der Waals surface area (Å²) in [6, 6.07) is 2.17. The molecule has 1 aromatic heterocycles. The van der Waals surface area contributed by atoms with Crippen molar-refractivity contribution in [2.45, 2.75) is 0 Å². The lowest BCUT2D eigenvalue weighted by Crippen LogP contribution is -1.80. The first-order chi connectivity index (χ1) is 3.43. The van der Waals surface area contributed by atoms with Crippen molar-refractivity contribution in [3.05, 3.63) is 16.8 Å². The molecule has 0 aliphatic rings. The zero-order valence-corrected chi connectivity index (χ0v) is 5.96. The summed E-state index contributed by atoms with van der Waals surface area (Å²) in [5.41, 5.74) is 0. The molecule has 7 heavy (non-hydrogen) atoms. The van der Waals surface area contributed by atoms with Gasteiger partial charge in [0.05, 0.1) is 0 Å². The van der Waals surface area contributed by atoms with E-state index in [0.29, 0.717) is 0 Å². The van der Waals surface area contributed by atoms with Gasteiger partial charge in [0.2, 0.25) is 0 Å². The molecule has 0 aliphatic carbocycles. The summed E-state index contributed by atoms with van der Waals surface area (Å²) in [6.45, 7) is 2.20. The molecule has 0 N–H and O–H groups in total. The van der Waals surface area contributed by atoms with Gasteiger partial charge in [-0.3, -0.25) is 0 Å². The number of rotatable bonds is 1. The summed E-state index contributed by atoms with van der Waals surface area (Å²) in [6.07, 6.45) is 0. The van der Waals surface area contributed by atoms with E-state index < -0.39 is 0 Å². The highest BCUT2D eigenvalue weighted by molar-refractivity contribution is 7.47. The average molecular weight is 130 g/mol. The minimum atomic E-state index is 0.965. The molecular weight excluding hydrogens is 123 g/mol. The predicted molar refractivity (Wildman–Crippen MR) is 38.2 cm³/mol. The Morgan fingerprint density at radius 3 is 2.86 bits per heavy atom. The molecule has 1 unspecified atom stereocenters. The summed E-state index contributed by atoms with van der Waals surface area (Å²) in [7, 11) is 0.965. The fraction of sp³-hybridized carbons (Fsp3) is 0.200. The van der Waals surface area contributed by atoms with Gasteiger partial charge in [0.15, 0.2) is 0 Å². The molecule has 0 spiro atoms. The molecule has 0 fully saturated rings. The van der Waals surface area contributed by atoms with Crippen molar-refractivity contribution >= 4 is 25.2 Å². The highest BCUT2D eigenvalue weighted by Crippen LogP contribution is 2.05. The fourth-order valence-electron chi connectivity index (χ4n) is 0.407. The highest BCUT2D eigenvalue weighted by Gasteiger charge is 1.82. The van der Waals surface area contributed by atoms with E-state index in [1.807, 2.05) is 0 Å². The predicted octanol–water partition coefficient (Wildman–Crippen LogP) is 1.68. The van der Waals surface area contributed by atoms with Crippen molar-refractivity contribution < 1.29 is 0 Å².